The molecule has 102 valence electrons. The Morgan fingerprint density at radius 3 is 2.74 bits per heavy atom. The quantitative estimate of drug-likeness (QED) is 0.861. The summed E-state index contributed by atoms with van der Waals surface area (Å²) in [6, 6.07) is 8.74. The molecule has 19 heavy (non-hydrogen) atoms. The summed E-state index contributed by atoms with van der Waals surface area (Å²) in [7, 11) is -2.00. The van der Waals surface area contributed by atoms with Crippen molar-refractivity contribution >= 4 is 43.0 Å². The van der Waals surface area contributed by atoms with Crippen LogP contribution in [0.4, 0.5) is 5.69 Å². The number of hydrogen-bond donors (Lipinski definition) is 2. The molecule has 0 atom stereocenters. The number of benzene rings is 1. The van der Waals surface area contributed by atoms with Gasteiger partial charge in [-0.1, -0.05) is 6.07 Å². The van der Waals surface area contributed by atoms with Crippen molar-refractivity contribution in [2.24, 2.45) is 0 Å². The van der Waals surface area contributed by atoms with Crippen molar-refractivity contribution in [3.63, 3.8) is 0 Å². The summed E-state index contributed by atoms with van der Waals surface area (Å²) in [5.41, 5.74) is 0.775. The largest absolute Gasteiger partial charge is 0.380 e. The predicted octanol–water partition coefficient (Wildman–Crippen LogP) is 3.03. The molecule has 4 nitrogen and oxygen atoms in total. The van der Waals surface area contributed by atoms with E-state index in [1.54, 1.807) is 29.5 Å². The van der Waals surface area contributed by atoms with Crippen LogP contribution in [0.15, 0.2) is 45.1 Å². The molecule has 2 N–H and O–H groups in total. The number of anilines is 1. The molecule has 1 aromatic heterocycles. The minimum atomic E-state index is -3.40. The molecule has 0 fully saturated rings. The number of halogens is 1. The maximum atomic E-state index is 11.7. The molecule has 0 spiro atoms. The highest BCUT2D eigenvalue weighted by atomic mass is 79.9. The van der Waals surface area contributed by atoms with Crippen LogP contribution >= 0.6 is 27.3 Å². The molecule has 1 aromatic carbocycles. The molecule has 0 radical (unpaired) electrons. The lowest BCUT2D eigenvalue weighted by atomic mass is 10.3. The van der Waals surface area contributed by atoms with Gasteiger partial charge in [0.15, 0.2) is 0 Å². The van der Waals surface area contributed by atoms with Crippen molar-refractivity contribution < 1.29 is 8.42 Å². The Hall–Kier alpha value is -0.890. The number of sulfonamides is 1. The van der Waals surface area contributed by atoms with Gasteiger partial charge in [-0.15, -0.1) is 11.3 Å². The van der Waals surface area contributed by atoms with Crippen molar-refractivity contribution in [2.45, 2.75) is 11.4 Å². The lowest BCUT2D eigenvalue weighted by Crippen LogP contribution is -2.18. The van der Waals surface area contributed by atoms with Crippen LogP contribution in [0.25, 0.3) is 0 Å². The molecular weight excluding hydrogens is 348 g/mol. The molecule has 0 saturated carbocycles. The van der Waals surface area contributed by atoms with Gasteiger partial charge in [0, 0.05) is 15.0 Å². The van der Waals surface area contributed by atoms with Gasteiger partial charge in [0.2, 0.25) is 10.0 Å². The van der Waals surface area contributed by atoms with Crippen LogP contribution in [-0.2, 0) is 16.6 Å². The lowest BCUT2D eigenvalue weighted by molar-refractivity contribution is 0.588. The highest BCUT2D eigenvalue weighted by Gasteiger charge is 2.11. The first-order valence-electron chi connectivity index (χ1n) is 5.52. The first kappa shape index (κ1) is 14.5. The van der Waals surface area contributed by atoms with E-state index in [4.69, 9.17) is 0 Å². The van der Waals surface area contributed by atoms with Gasteiger partial charge in [0.25, 0.3) is 0 Å². The van der Waals surface area contributed by atoms with E-state index < -0.39 is 10.0 Å². The van der Waals surface area contributed by atoms with Crippen molar-refractivity contribution in [1.29, 1.82) is 0 Å². The molecule has 0 aliphatic carbocycles. The van der Waals surface area contributed by atoms with E-state index in [0.29, 0.717) is 6.54 Å². The van der Waals surface area contributed by atoms with Gasteiger partial charge < -0.3 is 5.32 Å². The maximum Gasteiger partial charge on any atom is 0.240 e. The fourth-order valence-electron chi connectivity index (χ4n) is 1.52. The molecular formula is C12H13BrN2O2S2. The van der Waals surface area contributed by atoms with Gasteiger partial charge in [0.1, 0.15) is 0 Å². The first-order chi connectivity index (χ1) is 9.03. The van der Waals surface area contributed by atoms with Crippen LogP contribution in [0, 0.1) is 0 Å². The molecule has 0 bridgehead atoms. The van der Waals surface area contributed by atoms with E-state index >= 15 is 0 Å². The minimum absolute atomic E-state index is 0.255. The highest BCUT2D eigenvalue weighted by molar-refractivity contribution is 9.10. The highest BCUT2D eigenvalue weighted by Crippen LogP contribution is 2.24. The monoisotopic (exact) mass is 360 g/mol. The van der Waals surface area contributed by atoms with E-state index in [2.05, 4.69) is 26.0 Å². The molecule has 0 amide bonds. The third-order valence-electron chi connectivity index (χ3n) is 2.56. The average molecular weight is 361 g/mol. The molecule has 1 heterocycles. The molecule has 2 rings (SSSR count). The third kappa shape index (κ3) is 3.56. The molecule has 0 saturated heterocycles. The van der Waals surface area contributed by atoms with Crippen LogP contribution in [0.2, 0.25) is 0 Å². The SMILES string of the molecule is CNS(=O)(=O)c1cccc(NCc2sccc2Br)c1. The van der Waals surface area contributed by atoms with Crippen molar-refractivity contribution in [3.05, 3.63) is 45.1 Å². The Labute approximate surface area is 125 Å². The minimum Gasteiger partial charge on any atom is -0.380 e. The summed E-state index contributed by atoms with van der Waals surface area (Å²) in [6.07, 6.45) is 0. The summed E-state index contributed by atoms with van der Waals surface area (Å²) in [5, 5.41) is 5.22. The zero-order chi connectivity index (χ0) is 13.9. The zero-order valence-corrected chi connectivity index (χ0v) is 13.4. The van der Waals surface area contributed by atoms with E-state index in [-0.39, 0.29) is 4.90 Å². The topological polar surface area (TPSA) is 58.2 Å². The second kappa shape index (κ2) is 6.04. The van der Waals surface area contributed by atoms with Gasteiger partial charge >= 0.3 is 0 Å². The smallest absolute Gasteiger partial charge is 0.240 e. The fourth-order valence-corrected chi connectivity index (χ4v) is 3.73. The van der Waals surface area contributed by atoms with Crippen LogP contribution < -0.4 is 10.0 Å². The van der Waals surface area contributed by atoms with Crippen molar-refractivity contribution in [2.75, 3.05) is 12.4 Å². The molecule has 0 aliphatic heterocycles. The van der Waals surface area contributed by atoms with Crippen molar-refractivity contribution in [3.8, 4) is 0 Å². The first-order valence-corrected chi connectivity index (χ1v) is 8.68. The van der Waals surface area contributed by atoms with E-state index in [0.717, 1.165) is 10.2 Å². The van der Waals surface area contributed by atoms with Gasteiger partial charge in [0.05, 0.1) is 11.4 Å². The van der Waals surface area contributed by atoms with Crippen LogP contribution in [0.1, 0.15) is 4.88 Å². The van der Waals surface area contributed by atoms with Gasteiger partial charge in [-0.05, 0) is 52.6 Å². The van der Waals surface area contributed by atoms with Crippen molar-refractivity contribution in [1.82, 2.24) is 4.72 Å². The summed E-state index contributed by atoms with van der Waals surface area (Å²) >= 11 is 5.10. The lowest BCUT2D eigenvalue weighted by Gasteiger charge is -2.08. The number of thiophene rings is 1. The number of rotatable bonds is 5. The van der Waals surface area contributed by atoms with Crippen LogP contribution in [-0.4, -0.2) is 15.5 Å². The zero-order valence-electron chi connectivity index (χ0n) is 10.2. The Balaban J connectivity index is 2.14. The Bertz CT molecular complexity index is 668. The van der Waals surface area contributed by atoms with E-state index in [1.165, 1.54) is 11.9 Å². The van der Waals surface area contributed by atoms with Gasteiger partial charge in [-0.25, -0.2) is 13.1 Å². The Kier molecular flexibility index (Phi) is 4.62. The molecule has 0 unspecified atom stereocenters. The molecule has 7 heteroatoms. The van der Waals surface area contributed by atoms with Gasteiger partial charge in [-0.2, -0.15) is 0 Å². The maximum absolute atomic E-state index is 11.7. The third-order valence-corrected chi connectivity index (χ3v) is 5.90. The second-order valence-electron chi connectivity index (χ2n) is 3.78. The van der Waals surface area contributed by atoms with E-state index in [1.807, 2.05) is 17.5 Å². The standard InChI is InChI=1S/C12H13BrN2O2S2/c1-14-19(16,17)10-4-2-3-9(7-10)15-8-12-11(13)5-6-18-12/h2-7,14-15H,8H2,1H3. The van der Waals surface area contributed by atoms with Crippen LogP contribution in [0.3, 0.4) is 0 Å². The Morgan fingerprint density at radius 1 is 1.32 bits per heavy atom. The van der Waals surface area contributed by atoms with E-state index in [9.17, 15) is 8.42 Å². The summed E-state index contributed by atoms with van der Waals surface area (Å²) in [6.45, 7) is 0.654. The molecule has 0 aliphatic rings. The summed E-state index contributed by atoms with van der Waals surface area (Å²) in [5.74, 6) is 0. The summed E-state index contributed by atoms with van der Waals surface area (Å²) < 4.78 is 26.8. The second-order valence-corrected chi connectivity index (χ2v) is 7.52. The predicted molar refractivity (Wildman–Crippen MR) is 82.0 cm³/mol. The average Bonchev–Trinajstić information content (AvgIpc) is 2.82. The van der Waals surface area contributed by atoms with Crippen LogP contribution in [0.5, 0.6) is 0 Å². The Morgan fingerprint density at radius 2 is 2.11 bits per heavy atom. The number of hydrogen-bond acceptors (Lipinski definition) is 4. The summed E-state index contributed by atoms with van der Waals surface area (Å²) in [4.78, 5) is 1.42. The normalized spacial score (nSPS) is 11.5. The fraction of sp³-hybridized carbons (Fsp3) is 0.167. The van der Waals surface area contributed by atoms with Gasteiger partial charge in [-0.3, -0.25) is 0 Å². The molecule has 2 aromatic rings. The number of nitrogens with one attached hydrogen (secondary N) is 2.